The number of nitrogens with zero attached hydrogens (tertiary/aromatic N) is 4. The van der Waals surface area contributed by atoms with Crippen molar-refractivity contribution in [2.75, 3.05) is 13.1 Å². The molecule has 1 fully saturated rings. The van der Waals surface area contributed by atoms with Crippen LogP contribution in [0.4, 0.5) is 0 Å². The summed E-state index contributed by atoms with van der Waals surface area (Å²) in [6.07, 6.45) is 1.88. The van der Waals surface area contributed by atoms with E-state index < -0.39 is 0 Å². The topological polar surface area (TPSA) is 77.0 Å². The second-order valence-electron chi connectivity index (χ2n) is 7.75. The highest BCUT2D eigenvalue weighted by atomic mass is 16.1. The maximum atomic E-state index is 12.0. The first-order valence-corrected chi connectivity index (χ1v) is 9.24. The van der Waals surface area contributed by atoms with Crippen LogP contribution in [0.15, 0.2) is 18.3 Å². The summed E-state index contributed by atoms with van der Waals surface area (Å²) in [5, 5.41) is 4.34. The molecule has 0 bridgehead atoms. The van der Waals surface area contributed by atoms with Gasteiger partial charge in [-0.3, -0.25) is 19.4 Å². The van der Waals surface area contributed by atoms with Gasteiger partial charge in [-0.25, -0.2) is 0 Å². The van der Waals surface area contributed by atoms with Gasteiger partial charge in [0.1, 0.15) is 0 Å². The molecule has 1 saturated heterocycles. The zero-order valence-electron chi connectivity index (χ0n) is 16.4. The van der Waals surface area contributed by atoms with Gasteiger partial charge in [0.2, 0.25) is 5.91 Å². The summed E-state index contributed by atoms with van der Waals surface area (Å²) in [4.78, 5) is 19.1. The van der Waals surface area contributed by atoms with Gasteiger partial charge in [-0.15, -0.1) is 0 Å². The first kappa shape index (κ1) is 18.6. The zero-order chi connectivity index (χ0) is 19.0. The van der Waals surface area contributed by atoms with Crippen LogP contribution in [-0.4, -0.2) is 38.7 Å². The third kappa shape index (κ3) is 3.51. The molecule has 6 nitrogen and oxygen atoms in total. The van der Waals surface area contributed by atoms with Gasteiger partial charge in [0.15, 0.2) is 0 Å². The van der Waals surface area contributed by atoms with E-state index in [1.165, 1.54) is 5.56 Å². The summed E-state index contributed by atoms with van der Waals surface area (Å²) in [6.45, 7) is 10.7. The Balaban J connectivity index is 1.80. The Bertz CT molecular complexity index is 811. The summed E-state index contributed by atoms with van der Waals surface area (Å²) in [7, 11) is 1.93. The lowest BCUT2D eigenvalue weighted by Crippen LogP contribution is -2.29. The number of pyridine rings is 1. The number of aryl methyl sites for hydroxylation is 2. The molecule has 0 radical (unpaired) electrons. The van der Waals surface area contributed by atoms with Gasteiger partial charge in [0.25, 0.3) is 0 Å². The fourth-order valence-electron chi connectivity index (χ4n) is 3.84. The van der Waals surface area contributed by atoms with Crippen molar-refractivity contribution in [1.29, 1.82) is 0 Å². The van der Waals surface area contributed by atoms with Crippen LogP contribution in [0, 0.1) is 19.8 Å². The molecule has 3 rings (SSSR count). The first-order chi connectivity index (χ1) is 12.3. The molecule has 0 saturated carbocycles. The van der Waals surface area contributed by atoms with Gasteiger partial charge < -0.3 is 5.73 Å². The molecule has 1 aliphatic rings. The van der Waals surface area contributed by atoms with E-state index in [4.69, 9.17) is 10.7 Å². The summed E-state index contributed by atoms with van der Waals surface area (Å²) < 4.78 is 1.86. The third-order valence-electron chi connectivity index (χ3n) is 5.64. The normalized spacial score (nSPS) is 20.8. The Morgan fingerprint density at radius 2 is 2.04 bits per heavy atom. The molecule has 2 aromatic heterocycles. The van der Waals surface area contributed by atoms with E-state index in [2.05, 4.69) is 42.9 Å². The fourth-order valence-corrected chi connectivity index (χ4v) is 3.84. The van der Waals surface area contributed by atoms with E-state index in [0.29, 0.717) is 12.5 Å². The third-order valence-corrected chi connectivity index (χ3v) is 5.64. The average Bonchev–Trinajstić information content (AvgIpc) is 3.13. The van der Waals surface area contributed by atoms with Crippen molar-refractivity contribution >= 4 is 5.91 Å². The van der Waals surface area contributed by atoms with Crippen LogP contribution in [0.3, 0.4) is 0 Å². The highest BCUT2D eigenvalue weighted by molar-refractivity contribution is 5.78. The summed E-state index contributed by atoms with van der Waals surface area (Å²) >= 11 is 0. The molecule has 1 aliphatic heterocycles. The van der Waals surface area contributed by atoms with Crippen LogP contribution < -0.4 is 5.73 Å². The minimum absolute atomic E-state index is 0.101. The molecule has 26 heavy (non-hydrogen) atoms. The summed E-state index contributed by atoms with van der Waals surface area (Å²) in [6, 6.07) is 4.27. The van der Waals surface area contributed by atoms with Crippen LogP contribution >= 0.6 is 0 Å². The molecule has 6 heteroatoms. The van der Waals surface area contributed by atoms with Gasteiger partial charge in [0.05, 0.1) is 12.1 Å². The van der Waals surface area contributed by atoms with Crippen molar-refractivity contribution in [1.82, 2.24) is 19.7 Å². The Labute approximate surface area is 155 Å². The van der Waals surface area contributed by atoms with Gasteiger partial charge in [0, 0.05) is 49.7 Å². The van der Waals surface area contributed by atoms with E-state index in [0.717, 1.165) is 35.7 Å². The number of carbonyl (C=O) groups is 1. The smallest absolute Gasteiger partial charge is 0.222 e. The number of likely N-dealkylation sites (tertiary alicyclic amines) is 1. The highest BCUT2D eigenvalue weighted by Gasteiger charge is 2.38. The zero-order valence-corrected chi connectivity index (χ0v) is 16.4. The Morgan fingerprint density at radius 3 is 2.58 bits per heavy atom. The number of hydrogen-bond donors (Lipinski definition) is 1. The van der Waals surface area contributed by atoms with Crippen LogP contribution in [0.2, 0.25) is 0 Å². The molecular weight excluding hydrogens is 326 g/mol. The molecule has 0 aromatic carbocycles. The fraction of sp³-hybridized carbons (Fsp3) is 0.550. The van der Waals surface area contributed by atoms with Gasteiger partial charge >= 0.3 is 0 Å². The molecule has 2 N–H and O–H groups in total. The van der Waals surface area contributed by atoms with E-state index in [1.54, 1.807) is 0 Å². The van der Waals surface area contributed by atoms with Crippen molar-refractivity contribution < 1.29 is 4.79 Å². The molecule has 3 heterocycles. The van der Waals surface area contributed by atoms with E-state index >= 15 is 0 Å². The molecule has 2 atom stereocenters. The molecule has 140 valence electrons. The van der Waals surface area contributed by atoms with Gasteiger partial charge in [-0.05, 0) is 37.0 Å². The van der Waals surface area contributed by atoms with Gasteiger partial charge in [-0.1, -0.05) is 19.9 Å². The van der Waals surface area contributed by atoms with Crippen molar-refractivity contribution in [3.8, 4) is 0 Å². The molecule has 0 aliphatic carbocycles. The number of carbonyl (C=O) groups excluding carboxylic acids is 1. The quantitative estimate of drug-likeness (QED) is 0.892. The second-order valence-corrected chi connectivity index (χ2v) is 7.75. The van der Waals surface area contributed by atoms with Crippen molar-refractivity contribution in [2.24, 2.45) is 18.7 Å². The monoisotopic (exact) mass is 355 g/mol. The molecule has 0 unspecified atom stereocenters. The summed E-state index contributed by atoms with van der Waals surface area (Å²) in [5.41, 5.74) is 11.3. The average molecular weight is 355 g/mol. The second kappa shape index (κ2) is 7.19. The lowest BCUT2D eigenvalue weighted by Gasteiger charge is -2.18. The minimum atomic E-state index is -0.231. The van der Waals surface area contributed by atoms with Crippen LogP contribution in [0.1, 0.15) is 53.9 Å². The highest BCUT2D eigenvalue weighted by Crippen LogP contribution is 2.35. The van der Waals surface area contributed by atoms with Crippen molar-refractivity contribution in [3.63, 3.8) is 0 Å². The van der Waals surface area contributed by atoms with Crippen molar-refractivity contribution in [3.05, 3.63) is 46.5 Å². The van der Waals surface area contributed by atoms with Gasteiger partial charge in [-0.2, -0.15) is 5.10 Å². The first-order valence-electron chi connectivity index (χ1n) is 9.24. The number of primary amides is 1. The lowest BCUT2D eigenvalue weighted by atomic mass is 9.89. The lowest BCUT2D eigenvalue weighted by molar-refractivity contribution is -0.121. The van der Waals surface area contributed by atoms with E-state index in [1.807, 2.05) is 24.9 Å². The number of amides is 1. The Hall–Kier alpha value is -2.21. The SMILES string of the molecule is Cc1nc(C(C)C)ccc1CN1C[C@H](C(N)=O)[C@@H](c2cnn(C)c2C)C1. The van der Waals surface area contributed by atoms with Crippen LogP contribution in [0.25, 0.3) is 0 Å². The van der Waals surface area contributed by atoms with E-state index in [9.17, 15) is 4.79 Å². The van der Waals surface area contributed by atoms with Crippen LogP contribution in [-0.2, 0) is 18.4 Å². The molecular formula is C20H29N5O. The molecule has 1 amide bonds. The minimum Gasteiger partial charge on any atom is -0.369 e. The Kier molecular flexibility index (Phi) is 5.14. The number of aromatic nitrogens is 3. The molecule has 0 spiro atoms. The largest absolute Gasteiger partial charge is 0.369 e. The van der Waals surface area contributed by atoms with Crippen LogP contribution in [0.5, 0.6) is 0 Å². The summed E-state index contributed by atoms with van der Waals surface area (Å²) in [5.74, 6) is 0.114. The number of rotatable bonds is 5. The molecule has 2 aromatic rings. The predicted octanol–water partition coefficient (Wildman–Crippen LogP) is 2.26. The Morgan fingerprint density at radius 1 is 1.31 bits per heavy atom. The number of hydrogen-bond acceptors (Lipinski definition) is 4. The van der Waals surface area contributed by atoms with E-state index in [-0.39, 0.29) is 17.7 Å². The standard InChI is InChI=1S/C20H29N5O/c1-12(2)19-7-6-15(13(3)23-19)9-25-10-17(18(11-25)20(21)26)16-8-22-24(5)14(16)4/h6-8,12,17-18H,9-11H2,1-5H3,(H2,21,26)/t17-,18+/m1/s1. The number of nitrogens with two attached hydrogens (primary N) is 1. The predicted molar refractivity (Wildman–Crippen MR) is 102 cm³/mol. The maximum absolute atomic E-state index is 12.0. The van der Waals surface area contributed by atoms with Crippen molar-refractivity contribution in [2.45, 2.75) is 46.1 Å². The maximum Gasteiger partial charge on any atom is 0.222 e.